The van der Waals surface area contributed by atoms with E-state index < -0.39 is 0 Å². The fourth-order valence-corrected chi connectivity index (χ4v) is 1.80. The average molecular weight is 234 g/mol. The van der Waals surface area contributed by atoms with E-state index >= 15 is 0 Å². The molecule has 1 atom stereocenters. The lowest BCUT2D eigenvalue weighted by Crippen LogP contribution is -2.43. The summed E-state index contributed by atoms with van der Waals surface area (Å²) in [7, 11) is 0. The van der Waals surface area contributed by atoms with E-state index in [1.165, 1.54) is 12.8 Å². The lowest BCUT2D eigenvalue weighted by Gasteiger charge is -2.23. The van der Waals surface area contributed by atoms with E-state index in [0.29, 0.717) is 12.5 Å². The van der Waals surface area contributed by atoms with Crippen LogP contribution in [0.5, 0.6) is 0 Å². The lowest BCUT2D eigenvalue weighted by molar-refractivity contribution is -0.120. The minimum atomic E-state index is 0.0839. The first kappa shape index (κ1) is 13.7. The minimum Gasteiger partial charge on any atom is -0.354 e. The van der Waals surface area contributed by atoms with E-state index in [9.17, 15) is 4.79 Å². The topological polar surface area (TPSA) is 41.1 Å². The number of carbonyl (C=O) groups excluding carboxylic acids is 1. The van der Waals surface area contributed by atoms with Gasteiger partial charge in [-0.2, -0.15) is 0 Å². The van der Waals surface area contributed by atoms with Crippen LogP contribution < -0.4 is 10.6 Å². The second kappa shape index (κ2) is 8.76. The monoisotopic (exact) mass is 234 g/mol. The van der Waals surface area contributed by atoms with Gasteiger partial charge >= 0.3 is 0 Å². The second-order valence-electron chi connectivity index (χ2n) is 4.20. The summed E-state index contributed by atoms with van der Waals surface area (Å²) in [6, 6.07) is 0.456. The van der Waals surface area contributed by atoms with Crippen molar-refractivity contribution < 1.29 is 4.79 Å². The lowest BCUT2D eigenvalue weighted by atomic mass is 10.1. The van der Waals surface area contributed by atoms with Crippen LogP contribution in [0.15, 0.2) is 37.0 Å². The van der Waals surface area contributed by atoms with Gasteiger partial charge in [-0.05, 0) is 19.4 Å². The zero-order valence-electron chi connectivity index (χ0n) is 10.3. The Morgan fingerprint density at radius 1 is 1.35 bits per heavy atom. The summed E-state index contributed by atoms with van der Waals surface area (Å²) in [5.74, 6) is 0.0839. The van der Waals surface area contributed by atoms with E-state index in [2.05, 4.69) is 17.2 Å². The molecule has 0 aromatic heterocycles. The summed E-state index contributed by atoms with van der Waals surface area (Å²) in [6.45, 7) is 5.39. The van der Waals surface area contributed by atoms with Crippen LogP contribution in [0.1, 0.15) is 25.7 Å². The molecule has 1 aliphatic heterocycles. The first-order valence-electron chi connectivity index (χ1n) is 6.27. The zero-order chi connectivity index (χ0) is 12.3. The third-order valence-electron chi connectivity index (χ3n) is 2.76. The number of allylic oxidation sites excluding steroid dienone is 4. The van der Waals surface area contributed by atoms with Gasteiger partial charge in [-0.25, -0.2) is 0 Å². The molecular weight excluding hydrogens is 212 g/mol. The van der Waals surface area contributed by atoms with Crippen LogP contribution in [0, 0.1) is 0 Å². The summed E-state index contributed by atoms with van der Waals surface area (Å²) < 4.78 is 0. The van der Waals surface area contributed by atoms with Crippen LogP contribution >= 0.6 is 0 Å². The van der Waals surface area contributed by atoms with Gasteiger partial charge in [-0.1, -0.05) is 43.4 Å². The number of amides is 1. The number of rotatable bonds is 6. The first-order valence-corrected chi connectivity index (χ1v) is 6.27. The molecule has 3 nitrogen and oxygen atoms in total. The van der Waals surface area contributed by atoms with Crippen molar-refractivity contribution >= 4 is 5.91 Å². The van der Waals surface area contributed by atoms with E-state index in [-0.39, 0.29) is 5.91 Å². The maximum atomic E-state index is 11.5. The number of hydrogen-bond acceptors (Lipinski definition) is 2. The van der Waals surface area contributed by atoms with Crippen LogP contribution in [0.4, 0.5) is 0 Å². The van der Waals surface area contributed by atoms with Gasteiger partial charge in [-0.3, -0.25) is 4.79 Å². The van der Waals surface area contributed by atoms with Gasteiger partial charge in [0, 0.05) is 19.0 Å². The SMILES string of the molecule is C=C/C=C\C=C\CC(=O)NCC1CCCCN1. The highest BCUT2D eigenvalue weighted by atomic mass is 16.1. The Morgan fingerprint density at radius 2 is 2.24 bits per heavy atom. The molecule has 0 saturated carbocycles. The van der Waals surface area contributed by atoms with Crippen molar-refractivity contribution in [3.63, 3.8) is 0 Å². The first-order chi connectivity index (χ1) is 8.33. The van der Waals surface area contributed by atoms with Gasteiger partial charge in [-0.15, -0.1) is 0 Å². The third kappa shape index (κ3) is 6.74. The van der Waals surface area contributed by atoms with Crippen molar-refractivity contribution in [3.8, 4) is 0 Å². The number of hydrogen-bond donors (Lipinski definition) is 2. The zero-order valence-corrected chi connectivity index (χ0v) is 10.3. The van der Waals surface area contributed by atoms with Crippen LogP contribution in [0.25, 0.3) is 0 Å². The van der Waals surface area contributed by atoms with Crippen molar-refractivity contribution in [1.29, 1.82) is 0 Å². The quantitative estimate of drug-likeness (QED) is 0.690. The van der Waals surface area contributed by atoms with E-state index in [0.717, 1.165) is 19.5 Å². The van der Waals surface area contributed by atoms with Gasteiger partial charge < -0.3 is 10.6 Å². The Hall–Kier alpha value is -1.35. The van der Waals surface area contributed by atoms with Crippen molar-refractivity contribution in [1.82, 2.24) is 10.6 Å². The molecule has 1 heterocycles. The summed E-state index contributed by atoms with van der Waals surface area (Å²) in [6.07, 6.45) is 13.2. The Kier molecular flexibility index (Phi) is 7.07. The number of piperidine rings is 1. The Bertz CT molecular complexity index is 289. The van der Waals surface area contributed by atoms with E-state index in [1.807, 2.05) is 24.3 Å². The molecule has 0 bridgehead atoms. The smallest absolute Gasteiger partial charge is 0.223 e. The van der Waals surface area contributed by atoms with Crippen molar-refractivity contribution in [2.45, 2.75) is 31.7 Å². The second-order valence-corrected chi connectivity index (χ2v) is 4.20. The number of nitrogens with one attached hydrogen (secondary N) is 2. The molecule has 3 heteroatoms. The maximum Gasteiger partial charge on any atom is 0.223 e. The molecule has 1 aliphatic rings. The molecule has 0 aromatic rings. The Balaban J connectivity index is 2.09. The molecule has 1 unspecified atom stereocenters. The van der Waals surface area contributed by atoms with Crippen molar-refractivity contribution in [2.75, 3.05) is 13.1 Å². The molecular formula is C14H22N2O. The predicted octanol–water partition coefficient (Wildman–Crippen LogP) is 1.93. The molecule has 0 radical (unpaired) electrons. The largest absolute Gasteiger partial charge is 0.354 e. The fourth-order valence-electron chi connectivity index (χ4n) is 1.80. The van der Waals surface area contributed by atoms with Gasteiger partial charge in [0.15, 0.2) is 0 Å². The molecule has 2 N–H and O–H groups in total. The summed E-state index contributed by atoms with van der Waals surface area (Å²) in [5, 5.41) is 6.35. The highest BCUT2D eigenvalue weighted by Crippen LogP contribution is 2.05. The standard InChI is InChI=1S/C14H22N2O/c1-2-3-4-5-6-10-14(17)16-12-13-9-7-8-11-15-13/h2-6,13,15H,1,7-12H2,(H,16,17)/b4-3-,6-5+. The summed E-state index contributed by atoms with van der Waals surface area (Å²) in [5.41, 5.74) is 0. The molecule has 0 aromatic carbocycles. The molecule has 0 aliphatic carbocycles. The normalized spacial score (nSPS) is 20.8. The van der Waals surface area contributed by atoms with Gasteiger partial charge in [0.2, 0.25) is 5.91 Å². The molecule has 94 valence electrons. The third-order valence-corrected chi connectivity index (χ3v) is 2.76. The summed E-state index contributed by atoms with van der Waals surface area (Å²) in [4.78, 5) is 11.5. The highest BCUT2D eigenvalue weighted by molar-refractivity contribution is 5.77. The van der Waals surface area contributed by atoms with Gasteiger partial charge in [0.25, 0.3) is 0 Å². The molecule has 0 spiro atoms. The van der Waals surface area contributed by atoms with Crippen LogP contribution in [0.3, 0.4) is 0 Å². The van der Waals surface area contributed by atoms with E-state index in [1.54, 1.807) is 6.08 Å². The minimum absolute atomic E-state index is 0.0839. The summed E-state index contributed by atoms with van der Waals surface area (Å²) >= 11 is 0. The molecule has 1 fully saturated rings. The van der Waals surface area contributed by atoms with Crippen LogP contribution in [0.2, 0.25) is 0 Å². The Labute approximate surface area is 104 Å². The van der Waals surface area contributed by atoms with E-state index in [4.69, 9.17) is 0 Å². The van der Waals surface area contributed by atoms with Crippen molar-refractivity contribution in [2.24, 2.45) is 0 Å². The maximum absolute atomic E-state index is 11.5. The molecule has 1 amide bonds. The molecule has 1 saturated heterocycles. The van der Waals surface area contributed by atoms with Gasteiger partial charge in [0.05, 0.1) is 0 Å². The Morgan fingerprint density at radius 3 is 2.94 bits per heavy atom. The fraction of sp³-hybridized carbons (Fsp3) is 0.500. The average Bonchev–Trinajstić information content (AvgIpc) is 2.37. The van der Waals surface area contributed by atoms with Crippen molar-refractivity contribution in [3.05, 3.63) is 37.0 Å². The molecule has 1 rings (SSSR count). The predicted molar refractivity (Wildman–Crippen MR) is 71.7 cm³/mol. The number of carbonyl (C=O) groups is 1. The van der Waals surface area contributed by atoms with Gasteiger partial charge in [0.1, 0.15) is 0 Å². The van der Waals surface area contributed by atoms with Crippen LogP contribution in [-0.2, 0) is 4.79 Å². The van der Waals surface area contributed by atoms with Crippen LogP contribution in [-0.4, -0.2) is 25.0 Å². The highest BCUT2D eigenvalue weighted by Gasteiger charge is 2.12. The molecule has 17 heavy (non-hydrogen) atoms.